The molecule has 4 aromatic rings. The summed E-state index contributed by atoms with van der Waals surface area (Å²) in [6, 6.07) is 24.1. The van der Waals surface area contributed by atoms with Crippen LogP contribution in [0.1, 0.15) is 22.3 Å². The third-order valence-corrected chi connectivity index (χ3v) is 5.92. The van der Waals surface area contributed by atoms with Gasteiger partial charge in [-0.1, -0.05) is 30.3 Å². The zero-order valence-corrected chi connectivity index (χ0v) is 19.2. The van der Waals surface area contributed by atoms with Crippen molar-refractivity contribution < 1.29 is 0 Å². The van der Waals surface area contributed by atoms with Gasteiger partial charge in [0.2, 0.25) is 0 Å². The van der Waals surface area contributed by atoms with Crippen molar-refractivity contribution in [1.82, 2.24) is 0 Å². The molecule has 0 saturated heterocycles. The molecule has 32 heavy (non-hydrogen) atoms. The van der Waals surface area contributed by atoms with E-state index in [2.05, 4.69) is 25.1 Å². The fourth-order valence-corrected chi connectivity index (χ4v) is 3.53. The van der Waals surface area contributed by atoms with Crippen molar-refractivity contribution in [3.63, 3.8) is 0 Å². The van der Waals surface area contributed by atoms with Crippen molar-refractivity contribution >= 4 is 22.7 Å². The van der Waals surface area contributed by atoms with Crippen molar-refractivity contribution in [3.8, 4) is 22.3 Å². The van der Waals surface area contributed by atoms with Crippen LogP contribution in [0.2, 0.25) is 0 Å². The molecular formula is C28H32N4. The Bertz CT molecular complexity index is 1190. The average Bonchev–Trinajstić information content (AvgIpc) is 2.77. The van der Waals surface area contributed by atoms with Gasteiger partial charge in [0.05, 0.1) is 0 Å². The van der Waals surface area contributed by atoms with Gasteiger partial charge in [0, 0.05) is 22.7 Å². The third-order valence-electron chi connectivity index (χ3n) is 5.92. The number of hydrogen-bond donors (Lipinski definition) is 4. The second kappa shape index (κ2) is 9.48. The molecule has 0 amide bonds. The molecule has 0 radical (unpaired) electrons. The van der Waals surface area contributed by atoms with Crippen molar-refractivity contribution in [2.75, 3.05) is 22.9 Å². The van der Waals surface area contributed by atoms with Gasteiger partial charge in [-0.05, 0) is 115 Å². The molecule has 4 aromatic carbocycles. The first-order valence-electron chi connectivity index (χ1n) is 10.6. The molecule has 0 bridgehead atoms. The number of benzene rings is 4. The van der Waals surface area contributed by atoms with Crippen molar-refractivity contribution in [2.45, 2.75) is 27.7 Å². The van der Waals surface area contributed by atoms with Crippen LogP contribution in [0.25, 0.3) is 22.3 Å². The quantitative estimate of drug-likeness (QED) is 0.285. The van der Waals surface area contributed by atoms with Gasteiger partial charge in [-0.15, -0.1) is 0 Å². The lowest BCUT2D eigenvalue weighted by Crippen LogP contribution is -1.94. The Labute approximate surface area is 190 Å². The van der Waals surface area contributed by atoms with E-state index >= 15 is 0 Å². The number of anilines is 4. The summed E-state index contributed by atoms with van der Waals surface area (Å²) in [4.78, 5) is 0. The largest absolute Gasteiger partial charge is 0.399 e. The summed E-state index contributed by atoms with van der Waals surface area (Å²) in [5.41, 5.74) is 35.8. The molecule has 0 atom stereocenters. The Morgan fingerprint density at radius 1 is 0.438 bits per heavy atom. The molecule has 0 unspecified atom stereocenters. The smallest absolute Gasteiger partial charge is 0.0346 e. The maximum atomic E-state index is 5.87. The first kappa shape index (κ1) is 22.8. The monoisotopic (exact) mass is 424 g/mol. The minimum absolute atomic E-state index is 0.786. The van der Waals surface area contributed by atoms with E-state index < -0.39 is 0 Å². The zero-order valence-electron chi connectivity index (χ0n) is 19.2. The van der Waals surface area contributed by atoms with Crippen LogP contribution < -0.4 is 22.9 Å². The highest BCUT2D eigenvalue weighted by atomic mass is 14.6. The van der Waals surface area contributed by atoms with Crippen LogP contribution in [-0.4, -0.2) is 0 Å². The summed E-state index contributed by atoms with van der Waals surface area (Å²) >= 11 is 0. The van der Waals surface area contributed by atoms with Crippen molar-refractivity contribution in [3.05, 3.63) is 95.1 Å². The topological polar surface area (TPSA) is 104 Å². The number of nitrogen functional groups attached to an aromatic ring is 4. The van der Waals surface area contributed by atoms with E-state index in [0.29, 0.717) is 0 Å². The predicted octanol–water partition coefficient (Wildman–Crippen LogP) is 6.27. The fourth-order valence-electron chi connectivity index (χ4n) is 3.53. The van der Waals surface area contributed by atoms with Gasteiger partial charge < -0.3 is 22.9 Å². The number of aryl methyl sites for hydroxylation is 2. The Morgan fingerprint density at radius 2 is 0.875 bits per heavy atom. The molecule has 0 heterocycles. The van der Waals surface area contributed by atoms with Gasteiger partial charge in [-0.2, -0.15) is 0 Å². The molecule has 0 aliphatic carbocycles. The van der Waals surface area contributed by atoms with Crippen LogP contribution in [0.5, 0.6) is 0 Å². The van der Waals surface area contributed by atoms with E-state index in [9.17, 15) is 0 Å². The standard InChI is InChI=1S/2C14H16N2/c1-9-7-11(3-5-13(9)15)12-4-6-14(16)10(2)8-12;1-9-10(2)14(16)8-7-13(9)11-3-5-12(15)6-4-11/h2*3-8H,15-16H2,1-2H3. The number of nitrogens with two attached hydrogens (primary N) is 4. The summed E-state index contributed by atoms with van der Waals surface area (Å²) in [6.07, 6.45) is 0. The molecule has 4 heteroatoms. The summed E-state index contributed by atoms with van der Waals surface area (Å²) < 4.78 is 0. The van der Waals surface area contributed by atoms with E-state index in [1.807, 2.05) is 75.4 Å². The molecule has 0 fully saturated rings. The minimum Gasteiger partial charge on any atom is -0.399 e. The van der Waals surface area contributed by atoms with Crippen LogP contribution in [0.3, 0.4) is 0 Å². The van der Waals surface area contributed by atoms with Crippen molar-refractivity contribution in [1.29, 1.82) is 0 Å². The van der Waals surface area contributed by atoms with Crippen LogP contribution in [-0.2, 0) is 0 Å². The van der Waals surface area contributed by atoms with Gasteiger partial charge >= 0.3 is 0 Å². The Balaban J connectivity index is 0.000000181. The van der Waals surface area contributed by atoms with Gasteiger partial charge in [0.25, 0.3) is 0 Å². The van der Waals surface area contributed by atoms with Gasteiger partial charge in [0.15, 0.2) is 0 Å². The average molecular weight is 425 g/mol. The van der Waals surface area contributed by atoms with Crippen molar-refractivity contribution in [2.24, 2.45) is 0 Å². The Hall–Kier alpha value is -3.92. The SMILES string of the molecule is Cc1c(N)ccc(-c2ccc(N)cc2)c1C.Cc1cc(-c2ccc(N)c(C)c2)ccc1N. The lowest BCUT2D eigenvalue weighted by Gasteiger charge is -2.11. The molecule has 164 valence electrons. The maximum absolute atomic E-state index is 5.87. The molecule has 4 rings (SSSR count). The van der Waals surface area contributed by atoms with Crippen LogP contribution in [0.4, 0.5) is 22.7 Å². The normalized spacial score (nSPS) is 10.4. The predicted molar refractivity (Wildman–Crippen MR) is 140 cm³/mol. The van der Waals surface area contributed by atoms with E-state index in [4.69, 9.17) is 22.9 Å². The van der Waals surface area contributed by atoms with Gasteiger partial charge in [0.1, 0.15) is 0 Å². The molecular weight excluding hydrogens is 392 g/mol. The second-order valence-electron chi connectivity index (χ2n) is 8.22. The number of rotatable bonds is 2. The van der Waals surface area contributed by atoms with E-state index in [-0.39, 0.29) is 0 Å². The lowest BCUT2D eigenvalue weighted by atomic mass is 9.96. The summed E-state index contributed by atoms with van der Waals surface area (Å²) in [5, 5.41) is 0. The maximum Gasteiger partial charge on any atom is 0.0346 e. The molecule has 0 spiro atoms. The van der Waals surface area contributed by atoms with Crippen LogP contribution >= 0.6 is 0 Å². The zero-order chi connectivity index (χ0) is 23.4. The molecule has 0 aliphatic rings. The first-order chi connectivity index (χ1) is 15.2. The minimum atomic E-state index is 0.786. The molecule has 0 aliphatic heterocycles. The molecule has 8 N–H and O–H groups in total. The van der Waals surface area contributed by atoms with Gasteiger partial charge in [-0.25, -0.2) is 0 Å². The molecule has 0 saturated carbocycles. The fraction of sp³-hybridized carbons (Fsp3) is 0.143. The second-order valence-corrected chi connectivity index (χ2v) is 8.22. The third kappa shape index (κ3) is 5.03. The highest BCUT2D eigenvalue weighted by Crippen LogP contribution is 2.29. The Morgan fingerprint density at radius 3 is 1.34 bits per heavy atom. The summed E-state index contributed by atoms with van der Waals surface area (Å²) in [6.45, 7) is 8.18. The Kier molecular flexibility index (Phi) is 6.74. The van der Waals surface area contributed by atoms with E-state index in [1.54, 1.807) is 0 Å². The summed E-state index contributed by atoms with van der Waals surface area (Å²) in [7, 11) is 0. The van der Waals surface area contributed by atoms with Crippen LogP contribution in [0, 0.1) is 27.7 Å². The molecule has 0 aromatic heterocycles. The van der Waals surface area contributed by atoms with E-state index in [1.165, 1.54) is 27.8 Å². The highest BCUT2D eigenvalue weighted by Gasteiger charge is 2.06. The van der Waals surface area contributed by atoms with Gasteiger partial charge in [-0.3, -0.25) is 0 Å². The van der Waals surface area contributed by atoms with Crippen LogP contribution in [0.15, 0.2) is 72.8 Å². The van der Waals surface area contributed by atoms with E-state index in [0.717, 1.165) is 39.4 Å². The highest BCUT2D eigenvalue weighted by molar-refractivity contribution is 5.73. The molecule has 4 nitrogen and oxygen atoms in total. The first-order valence-corrected chi connectivity index (χ1v) is 10.6. The lowest BCUT2D eigenvalue weighted by molar-refractivity contribution is 1.34. The number of hydrogen-bond acceptors (Lipinski definition) is 4. The summed E-state index contributed by atoms with van der Waals surface area (Å²) in [5.74, 6) is 0.